The number of fused-ring (bicyclic) bond motifs is 1. The number of ether oxygens (including phenoxy) is 1. The van der Waals surface area contributed by atoms with Gasteiger partial charge in [-0.25, -0.2) is 4.79 Å². The molecule has 1 unspecified atom stereocenters. The molecule has 6 nitrogen and oxygen atoms in total. The van der Waals surface area contributed by atoms with E-state index in [4.69, 9.17) is 14.8 Å². The second kappa shape index (κ2) is 7.60. The average Bonchev–Trinajstić information content (AvgIpc) is 3.02. The van der Waals surface area contributed by atoms with Crippen LogP contribution in [0.4, 0.5) is 10.5 Å². The number of hydrogen-bond donors (Lipinski definition) is 2. The normalized spacial score (nSPS) is 21.7. The smallest absolute Gasteiger partial charge is 0.407 e. The van der Waals surface area contributed by atoms with Crippen molar-refractivity contribution in [3.63, 3.8) is 0 Å². The maximum absolute atomic E-state index is 10.9. The third-order valence-corrected chi connectivity index (χ3v) is 5.03. The van der Waals surface area contributed by atoms with Crippen molar-refractivity contribution in [1.82, 2.24) is 9.88 Å². The van der Waals surface area contributed by atoms with Crippen LogP contribution in [-0.4, -0.2) is 53.4 Å². The summed E-state index contributed by atoms with van der Waals surface area (Å²) in [7, 11) is 0. The molecule has 1 saturated heterocycles. The van der Waals surface area contributed by atoms with Crippen LogP contribution in [0.3, 0.4) is 0 Å². The molecule has 1 aromatic heterocycles. The van der Waals surface area contributed by atoms with Crippen molar-refractivity contribution in [3.8, 4) is 0 Å². The van der Waals surface area contributed by atoms with E-state index in [1.807, 2.05) is 0 Å². The Hall–Kier alpha value is -1.82. The van der Waals surface area contributed by atoms with Crippen LogP contribution in [0.25, 0.3) is 0 Å². The highest BCUT2D eigenvalue weighted by molar-refractivity contribution is 5.65. The van der Waals surface area contributed by atoms with E-state index in [0.29, 0.717) is 19.7 Å². The third-order valence-electron chi connectivity index (χ3n) is 5.03. The minimum absolute atomic E-state index is 0.0614. The lowest BCUT2D eigenvalue weighted by atomic mass is 9.84. The summed E-state index contributed by atoms with van der Waals surface area (Å²) < 4.78 is 5.80. The number of aromatic nitrogens is 1. The molecule has 138 valence electrons. The third kappa shape index (κ3) is 4.84. The van der Waals surface area contributed by atoms with Gasteiger partial charge in [0.2, 0.25) is 0 Å². The quantitative estimate of drug-likeness (QED) is 0.773. The summed E-state index contributed by atoms with van der Waals surface area (Å²) in [5.41, 5.74) is 3.77. The highest BCUT2D eigenvalue weighted by atomic mass is 16.5. The summed E-state index contributed by atoms with van der Waals surface area (Å²) in [5.74, 6) is 0. The molecule has 25 heavy (non-hydrogen) atoms. The fourth-order valence-electron chi connectivity index (χ4n) is 3.53. The first-order valence-electron chi connectivity index (χ1n) is 9.25. The van der Waals surface area contributed by atoms with Crippen LogP contribution in [0.5, 0.6) is 0 Å². The van der Waals surface area contributed by atoms with Crippen molar-refractivity contribution >= 4 is 11.8 Å². The van der Waals surface area contributed by atoms with Gasteiger partial charge in [-0.15, -0.1) is 0 Å². The summed E-state index contributed by atoms with van der Waals surface area (Å²) in [6.45, 7) is 7.32. The van der Waals surface area contributed by atoms with Crippen molar-refractivity contribution in [1.29, 1.82) is 0 Å². The van der Waals surface area contributed by atoms with Gasteiger partial charge in [0.25, 0.3) is 0 Å². The standard InChI is InChI=1S/C19H29N3O3/c1-19(2)11-17-16(20-13-19)7-6-14(21-17)5-3-4-10-25-15-8-9-22(12-15)18(23)24/h6-7,15,20H,3-5,8-13H2,1-2H3,(H,23,24). The number of aryl methyl sites for hydroxylation is 1. The Morgan fingerprint density at radius 3 is 3.04 bits per heavy atom. The zero-order valence-electron chi connectivity index (χ0n) is 15.3. The lowest BCUT2D eigenvalue weighted by Crippen LogP contribution is -2.31. The van der Waals surface area contributed by atoms with Crippen molar-refractivity contribution in [2.75, 3.05) is 31.6 Å². The molecule has 0 bridgehead atoms. The lowest BCUT2D eigenvalue weighted by Gasteiger charge is -2.31. The Kier molecular flexibility index (Phi) is 5.47. The number of unbranched alkanes of at least 4 members (excludes halogenated alkanes) is 1. The van der Waals surface area contributed by atoms with Gasteiger partial charge in [0.1, 0.15) is 0 Å². The van der Waals surface area contributed by atoms with Crippen LogP contribution in [-0.2, 0) is 17.6 Å². The van der Waals surface area contributed by atoms with Crippen LogP contribution in [0, 0.1) is 5.41 Å². The lowest BCUT2D eigenvalue weighted by molar-refractivity contribution is 0.0563. The van der Waals surface area contributed by atoms with E-state index in [-0.39, 0.29) is 11.5 Å². The molecule has 2 aliphatic rings. The molecule has 0 radical (unpaired) electrons. The number of pyridine rings is 1. The monoisotopic (exact) mass is 347 g/mol. The maximum Gasteiger partial charge on any atom is 0.407 e. The molecular weight excluding hydrogens is 318 g/mol. The summed E-state index contributed by atoms with van der Waals surface area (Å²) in [5, 5.41) is 12.4. The second-order valence-corrected chi connectivity index (χ2v) is 7.96. The number of carbonyl (C=O) groups is 1. The number of nitrogens with one attached hydrogen (secondary N) is 1. The minimum atomic E-state index is -0.845. The van der Waals surface area contributed by atoms with Crippen molar-refractivity contribution in [3.05, 3.63) is 23.5 Å². The van der Waals surface area contributed by atoms with E-state index in [0.717, 1.165) is 44.3 Å². The topological polar surface area (TPSA) is 74.7 Å². The average molecular weight is 347 g/mol. The molecule has 2 aliphatic heterocycles. The number of likely N-dealkylation sites (tertiary alicyclic amines) is 1. The van der Waals surface area contributed by atoms with E-state index in [2.05, 4.69) is 31.3 Å². The van der Waals surface area contributed by atoms with Crippen LogP contribution in [0.1, 0.15) is 44.5 Å². The summed E-state index contributed by atoms with van der Waals surface area (Å²) >= 11 is 0. The summed E-state index contributed by atoms with van der Waals surface area (Å²) in [6, 6.07) is 4.27. The SMILES string of the molecule is CC1(C)CNc2ccc(CCCCOC3CCN(C(=O)O)C3)nc2C1. The molecule has 3 heterocycles. The molecule has 2 N–H and O–H groups in total. The number of amides is 1. The van der Waals surface area contributed by atoms with Crippen molar-refractivity contribution < 1.29 is 14.6 Å². The predicted molar refractivity (Wildman–Crippen MR) is 97.1 cm³/mol. The van der Waals surface area contributed by atoms with Gasteiger partial charge in [-0.3, -0.25) is 4.98 Å². The largest absolute Gasteiger partial charge is 0.465 e. The Labute approximate surface area is 149 Å². The van der Waals surface area contributed by atoms with E-state index in [1.54, 1.807) is 0 Å². The first kappa shape index (κ1) is 18.0. The predicted octanol–water partition coefficient (Wildman–Crippen LogP) is 3.17. The van der Waals surface area contributed by atoms with Gasteiger partial charge in [0.15, 0.2) is 0 Å². The van der Waals surface area contributed by atoms with Gasteiger partial charge in [-0.05, 0) is 49.7 Å². The molecule has 0 aromatic carbocycles. The maximum atomic E-state index is 10.9. The first-order valence-corrected chi connectivity index (χ1v) is 9.25. The number of rotatable bonds is 6. The van der Waals surface area contributed by atoms with Crippen LogP contribution < -0.4 is 5.32 Å². The van der Waals surface area contributed by atoms with Crippen LogP contribution in [0.2, 0.25) is 0 Å². The molecule has 1 atom stereocenters. The van der Waals surface area contributed by atoms with Crippen molar-refractivity contribution in [2.24, 2.45) is 5.41 Å². The zero-order chi connectivity index (χ0) is 17.9. The van der Waals surface area contributed by atoms with Gasteiger partial charge in [0, 0.05) is 25.4 Å². The first-order chi connectivity index (χ1) is 11.9. The Morgan fingerprint density at radius 1 is 1.44 bits per heavy atom. The molecule has 6 heteroatoms. The Balaban J connectivity index is 1.38. The van der Waals surface area contributed by atoms with Crippen LogP contribution in [0.15, 0.2) is 12.1 Å². The minimum Gasteiger partial charge on any atom is -0.465 e. The van der Waals surface area contributed by atoms with E-state index in [9.17, 15) is 4.79 Å². The highest BCUT2D eigenvalue weighted by Gasteiger charge is 2.27. The molecule has 1 amide bonds. The summed E-state index contributed by atoms with van der Waals surface area (Å²) in [4.78, 5) is 17.1. The van der Waals surface area contributed by atoms with Gasteiger partial charge in [-0.1, -0.05) is 13.8 Å². The van der Waals surface area contributed by atoms with E-state index in [1.165, 1.54) is 16.3 Å². The fraction of sp³-hybridized carbons (Fsp3) is 0.684. The van der Waals surface area contributed by atoms with Crippen molar-refractivity contribution in [2.45, 2.75) is 52.1 Å². The fourth-order valence-corrected chi connectivity index (χ4v) is 3.53. The molecule has 3 rings (SSSR count). The number of carboxylic acid groups (broad SMARTS) is 1. The van der Waals surface area contributed by atoms with E-state index >= 15 is 0 Å². The van der Waals surface area contributed by atoms with Gasteiger partial charge >= 0.3 is 6.09 Å². The molecule has 0 spiro atoms. The number of anilines is 1. The zero-order valence-corrected chi connectivity index (χ0v) is 15.3. The van der Waals surface area contributed by atoms with Gasteiger partial charge in [-0.2, -0.15) is 0 Å². The molecule has 0 aliphatic carbocycles. The Bertz CT molecular complexity index is 618. The number of nitrogens with zero attached hydrogens (tertiary/aromatic N) is 2. The number of hydrogen-bond acceptors (Lipinski definition) is 4. The van der Waals surface area contributed by atoms with Gasteiger partial charge in [0.05, 0.1) is 24.0 Å². The molecular formula is C19H29N3O3. The second-order valence-electron chi connectivity index (χ2n) is 7.96. The highest BCUT2D eigenvalue weighted by Crippen LogP contribution is 2.31. The van der Waals surface area contributed by atoms with E-state index < -0.39 is 6.09 Å². The molecule has 0 saturated carbocycles. The molecule has 1 fully saturated rings. The van der Waals surface area contributed by atoms with Gasteiger partial charge < -0.3 is 20.1 Å². The van der Waals surface area contributed by atoms with Crippen LogP contribution >= 0.6 is 0 Å². The Morgan fingerprint density at radius 2 is 2.28 bits per heavy atom. The summed E-state index contributed by atoms with van der Waals surface area (Å²) in [6.07, 6.45) is 4.02. The molecule has 1 aromatic rings.